The summed E-state index contributed by atoms with van der Waals surface area (Å²) in [5.41, 5.74) is 4.09. The Hall–Kier alpha value is -2.02. The van der Waals surface area contributed by atoms with Gasteiger partial charge in [0, 0.05) is 0 Å². The predicted octanol–water partition coefficient (Wildman–Crippen LogP) is 7.24. The average Bonchev–Trinajstić information content (AvgIpc) is 2.74. The molecule has 2 aliphatic rings. The molecule has 2 fully saturated rings. The van der Waals surface area contributed by atoms with Crippen LogP contribution in [0, 0.1) is 17.8 Å². The zero-order chi connectivity index (χ0) is 18.6. The van der Waals surface area contributed by atoms with E-state index in [0.717, 1.165) is 29.4 Å². The molecule has 0 bridgehead atoms. The maximum absolute atomic E-state index is 5.26. The maximum Gasteiger partial charge on any atom is 0.118 e. The summed E-state index contributed by atoms with van der Waals surface area (Å²) >= 11 is 0. The van der Waals surface area contributed by atoms with Gasteiger partial charge in [0.2, 0.25) is 0 Å². The van der Waals surface area contributed by atoms with Crippen LogP contribution >= 0.6 is 0 Å². The Morgan fingerprint density at radius 2 is 1.41 bits per heavy atom. The van der Waals surface area contributed by atoms with Gasteiger partial charge in [-0.3, -0.25) is 0 Å². The molecule has 1 nitrogen and oxygen atoms in total. The molecule has 4 atom stereocenters. The van der Waals surface area contributed by atoms with Gasteiger partial charge in [-0.2, -0.15) is 0 Å². The molecule has 4 unspecified atom stereocenters. The normalized spacial score (nSPS) is 28.1. The van der Waals surface area contributed by atoms with Crippen LogP contribution in [0.5, 0.6) is 5.75 Å². The fourth-order valence-electron chi connectivity index (χ4n) is 5.41. The molecule has 0 saturated heterocycles. The number of allylic oxidation sites excluding steroid dienone is 2. The second kappa shape index (κ2) is 8.33. The lowest BCUT2D eigenvalue weighted by Crippen LogP contribution is -2.30. The van der Waals surface area contributed by atoms with Gasteiger partial charge in [-0.15, -0.1) is 0 Å². The van der Waals surface area contributed by atoms with Crippen LogP contribution in [0.3, 0.4) is 0 Å². The second-order valence-electron chi connectivity index (χ2n) is 8.48. The quantitative estimate of drug-likeness (QED) is 0.522. The number of benzene rings is 2. The number of hydrogen-bond donors (Lipinski definition) is 0. The first-order chi connectivity index (χ1) is 13.3. The molecule has 1 heteroatoms. The molecule has 0 spiro atoms. The van der Waals surface area contributed by atoms with Crippen molar-refractivity contribution < 1.29 is 4.74 Å². The molecule has 0 aromatic heterocycles. The molecule has 27 heavy (non-hydrogen) atoms. The minimum Gasteiger partial charge on any atom is -0.497 e. The molecular weight excluding hydrogens is 328 g/mol. The molecule has 0 N–H and O–H groups in total. The van der Waals surface area contributed by atoms with E-state index in [9.17, 15) is 0 Å². The molecule has 0 radical (unpaired) electrons. The summed E-state index contributed by atoms with van der Waals surface area (Å²) in [5.74, 6) is 4.43. The third-order valence-electron chi connectivity index (χ3n) is 6.92. The van der Waals surface area contributed by atoms with Crippen LogP contribution in [0.4, 0.5) is 0 Å². The highest BCUT2D eigenvalue weighted by Crippen LogP contribution is 2.47. The summed E-state index contributed by atoms with van der Waals surface area (Å²) in [6.07, 6.45) is 13.1. The Labute approximate surface area is 164 Å². The highest BCUT2D eigenvalue weighted by molar-refractivity contribution is 5.64. The van der Waals surface area contributed by atoms with Gasteiger partial charge in [-0.05, 0) is 97.9 Å². The fraction of sp³-hybridized carbons (Fsp3) is 0.462. The van der Waals surface area contributed by atoms with Crippen molar-refractivity contribution in [3.8, 4) is 16.9 Å². The van der Waals surface area contributed by atoms with Gasteiger partial charge in [0.05, 0.1) is 7.11 Å². The van der Waals surface area contributed by atoms with Crippen molar-refractivity contribution in [2.24, 2.45) is 17.8 Å². The van der Waals surface area contributed by atoms with Crippen molar-refractivity contribution >= 4 is 0 Å². The number of hydrogen-bond acceptors (Lipinski definition) is 1. The number of ether oxygens (including phenoxy) is 1. The summed E-state index contributed by atoms with van der Waals surface area (Å²) in [7, 11) is 1.71. The molecule has 4 rings (SSSR count). The Balaban J connectivity index is 1.41. The maximum atomic E-state index is 5.26. The van der Waals surface area contributed by atoms with E-state index in [1.165, 1.54) is 49.7 Å². The zero-order valence-corrected chi connectivity index (χ0v) is 16.7. The standard InChI is InChI=1S/C26H32O/c1-3-4-19-5-6-25-18-24(12-11-23(25)17-19)22-9-7-20(8-10-22)21-13-15-26(27-2)16-14-21/h3-4,7-10,13-16,19,23-25H,5-6,11-12,17-18H2,1-2H3/b4-3+. The Morgan fingerprint density at radius 3 is 2.07 bits per heavy atom. The molecule has 142 valence electrons. The molecule has 2 saturated carbocycles. The van der Waals surface area contributed by atoms with Crippen LogP contribution < -0.4 is 4.74 Å². The fourth-order valence-corrected chi connectivity index (χ4v) is 5.41. The van der Waals surface area contributed by atoms with Crippen LogP contribution in [0.2, 0.25) is 0 Å². The van der Waals surface area contributed by atoms with Crippen molar-refractivity contribution in [3.05, 3.63) is 66.2 Å². The van der Waals surface area contributed by atoms with Crippen LogP contribution in [-0.2, 0) is 0 Å². The summed E-state index contributed by atoms with van der Waals surface area (Å²) < 4.78 is 5.26. The Morgan fingerprint density at radius 1 is 0.778 bits per heavy atom. The van der Waals surface area contributed by atoms with Gasteiger partial charge in [0.25, 0.3) is 0 Å². The first-order valence-corrected chi connectivity index (χ1v) is 10.6. The van der Waals surface area contributed by atoms with Gasteiger partial charge in [0.15, 0.2) is 0 Å². The summed E-state index contributed by atoms with van der Waals surface area (Å²) in [6, 6.07) is 17.7. The van der Waals surface area contributed by atoms with Crippen LogP contribution in [0.1, 0.15) is 56.9 Å². The van der Waals surface area contributed by atoms with E-state index in [1.54, 1.807) is 12.7 Å². The van der Waals surface area contributed by atoms with E-state index in [2.05, 4.69) is 55.5 Å². The second-order valence-corrected chi connectivity index (χ2v) is 8.48. The van der Waals surface area contributed by atoms with E-state index in [-0.39, 0.29) is 0 Å². The summed E-state index contributed by atoms with van der Waals surface area (Å²) in [4.78, 5) is 0. The van der Waals surface area contributed by atoms with Gasteiger partial charge in [-0.25, -0.2) is 0 Å². The third kappa shape index (κ3) is 4.13. The largest absolute Gasteiger partial charge is 0.497 e. The average molecular weight is 361 g/mol. The molecule has 2 aromatic rings. The molecule has 2 aliphatic carbocycles. The van der Waals surface area contributed by atoms with Crippen LogP contribution in [-0.4, -0.2) is 7.11 Å². The first-order valence-electron chi connectivity index (χ1n) is 10.6. The van der Waals surface area contributed by atoms with Crippen molar-refractivity contribution in [3.63, 3.8) is 0 Å². The minimum atomic E-state index is 0.759. The zero-order valence-electron chi connectivity index (χ0n) is 16.7. The minimum absolute atomic E-state index is 0.759. The van der Waals surface area contributed by atoms with Gasteiger partial charge in [-0.1, -0.05) is 48.6 Å². The lowest BCUT2D eigenvalue weighted by Gasteiger charge is -2.41. The molecule has 0 aliphatic heterocycles. The van der Waals surface area contributed by atoms with Crippen LogP contribution in [0.25, 0.3) is 11.1 Å². The lowest BCUT2D eigenvalue weighted by atomic mass is 9.64. The van der Waals surface area contributed by atoms with E-state index >= 15 is 0 Å². The lowest BCUT2D eigenvalue weighted by molar-refractivity contribution is 0.133. The van der Waals surface area contributed by atoms with E-state index < -0.39 is 0 Å². The highest BCUT2D eigenvalue weighted by Gasteiger charge is 2.35. The van der Waals surface area contributed by atoms with Crippen molar-refractivity contribution in [1.29, 1.82) is 0 Å². The molecule has 0 heterocycles. The van der Waals surface area contributed by atoms with E-state index in [1.807, 2.05) is 12.1 Å². The molecule has 0 amide bonds. The highest BCUT2D eigenvalue weighted by atomic mass is 16.5. The van der Waals surface area contributed by atoms with Gasteiger partial charge >= 0.3 is 0 Å². The van der Waals surface area contributed by atoms with Crippen molar-refractivity contribution in [1.82, 2.24) is 0 Å². The van der Waals surface area contributed by atoms with Crippen molar-refractivity contribution in [2.75, 3.05) is 7.11 Å². The first kappa shape index (κ1) is 18.3. The molecule has 2 aromatic carbocycles. The predicted molar refractivity (Wildman–Crippen MR) is 114 cm³/mol. The van der Waals surface area contributed by atoms with Gasteiger partial charge in [0.1, 0.15) is 5.75 Å². The summed E-state index contributed by atoms with van der Waals surface area (Å²) in [6.45, 7) is 2.17. The van der Waals surface area contributed by atoms with E-state index in [0.29, 0.717) is 0 Å². The molecular formula is C26H32O. The third-order valence-corrected chi connectivity index (χ3v) is 6.92. The Bertz CT molecular complexity index is 756. The topological polar surface area (TPSA) is 9.23 Å². The number of fused-ring (bicyclic) bond motifs is 1. The monoisotopic (exact) mass is 360 g/mol. The smallest absolute Gasteiger partial charge is 0.118 e. The number of rotatable bonds is 4. The SMILES string of the molecule is C/C=C/C1CCC2CC(c3ccc(-c4ccc(OC)cc4)cc3)CCC2C1. The summed E-state index contributed by atoms with van der Waals surface area (Å²) in [5, 5.41) is 0. The van der Waals surface area contributed by atoms with Crippen LogP contribution in [0.15, 0.2) is 60.7 Å². The van der Waals surface area contributed by atoms with Gasteiger partial charge < -0.3 is 4.74 Å². The number of methoxy groups -OCH3 is 1. The van der Waals surface area contributed by atoms with Crippen molar-refractivity contribution in [2.45, 2.75) is 51.4 Å². The van der Waals surface area contributed by atoms with E-state index in [4.69, 9.17) is 4.74 Å². The Kier molecular flexibility index (Phi) is 5.66.